The first-order chi connectivity index (χ1) is 32.7. The Hall–Kier alpha value is -7.19. The quantitative estimate of drug-likeness (QED) is 0.119. The number of hydrogen-bond donors (Lipinski definition) is 2. The van der Waals surface area contributed by atoms with Crippen LogP contribution in [0.15, 0.2) is 118 Å². The number of para-hydroxylation sites is 2. The Labute approximate surface area is 393 Å². The summed E-state index contributed by atoms with van der Waals surface area (Å²) in [6.45, 7) is 8.22. The second-order valence-electron chi connectivity index (χ2n) is 17.7. The smallest absolute Gasteiger partial charge is 0.295 e. The standard InChI is InChI=1S/C52H51ClN10O4/c1-31-13-8-25-62(41(31)29-57-51-60-39-17-4-5-18-43(39)66-51)49(64)38-16-7-12-33(3)46(38)48-56-24-21-36(59-48)27-34-14-9-26-63(42(34)30-58-52-61-40-28-35(53)19-20-44(40)67-52)50(65)37-15-6-11-32(2)45(37)47-54-22-10-23-55-47/h4-7,10-12,15-24,28,31,34,41-42H,8-9,13-14,25-27,29-30H2,1-3H3,(H,57,60)(H,58,61)/t31-,34+,41-,42-/m1/s1. The molecule has 2 N–H and O–H groups in total. The van der Waals surface area contributed by atoms with Gasteiger partial charge < -0.3 is 29.3 Å². The molecule has 2 aliphatic heterocycles. The Bertz CT molecular complexity index is 3050. The van der Waals surface area contributed by atoms with Crippen molar-refractivity contribution in [3.63, 3.8) is 0 Å². The third-order valence-corrected chi connectivity index (χ3v) is 13.6. The van der Waals surface area contributed by atoms with Crippen LogP contribution in [0.4, 0.5) is 12.0 Å². The molecule has 2 saturated heterocycles. The predicted octanol–water partition coefficient (Wildman–Crippen LogP) is 10.1. The van der Waals surface area contributed by atoms with Gasteiger partial charge in [-0.3, -0.25) is 9.59 Å². The molecular weight excluding hydrogens is 864 g/mol. The van der Waals surface area contributed by atoms with Crippen molar-refractivity contribution in [2.75, 3.05) is 36.8 Å². The minimum Gasteiger partial charge on any atom is -0.424 e. The molecule has 0 radical (unpaired) electrons. The summed E-state index contributed by atoms with van der Waals surface area (Å²) in [6, 6.07) is 28.7. The van der Waals surface area contributed by atoms with Gasteiger partial charge in [-0.25, -0.2) is 19.9 Å². The van der Waals surface area contributed by atoms with E-state index in [-0.39, 0.29) is 35.7 Å². The molecule has 67 heavy (non-hydrogen) atoms. The maximum absolute atomic E-state index is 15.0. The number of rotatable bonds is 12. The lowest BCUT2D eigenvalue weighted by Gasteiger charge is -2.42. The molecule has 6 heterocycles. The molecule has 15 heteroatoms. The van der Waals surface area contributed by atoms with Gasteiger partial charge in [0, 0.05) is 66.6 Å². The van der Waals surface area contributed by atoms with Gasteiger partial charge >= 0.3 is 0 Å². The van der Waals surface area contributed by atoms with E-state index < -0.39 is 0 Å². The molecular formula is C52H51ClN10O4. The minimum absolute atomic E-state index is 0.0182. The lowest BCUT2D eigenvalue weighted by Crippen LogP contribution is -2.52. The number of hydrogen-bond acceptors (Lipinski definition) is 12. The van der Waals surface area contributed by atoms with Gasteiger partial charge in [0.2, 0.25) is 0 Å². The van der Waals surface area contributed by atoms with E-state index in [4.69, 9.17) is 30.4 Å². The highest BCUT2D eigenvalue weighted by Crippen LogP contribution is 2.35. The number of likely N-dealkylation sites (tertiary alicyclic amines) is 2. The van der Waals surface area contributed by atoms with Crippen molar-refractivity contribution in [3.8, 4) is 22.8 Å². The number of aromatic nitrogens is 6. The molecule has 4 aromatic carbocycles. The van der Waals surface area contributed by atoms with E-state index in [0.29, 0.717) is 100 Å². The third kappa shape index (κ3) is 9.05. The van der Waals surface area contributed by atoms with Gasteiger partial charge in [-0.15, -0.1) is 0 Å². The van der Waals surface area contributed by atoms with E-state index in [1.54, 1.807) is 42.9 Å². The summed E-state index contributed by atoms with van der Waals surface area (Å²) in [4.78, 5) is 62.1. The number of aryl methyl sites for hydroxylation is 2. The van der Waals surface area contributed by atoms with Crippen molar-refractivity contribution in [3.05, 3.63) is 143 Å². The zero-order valence-corrected chi connectivity index (χ0v) is 38.4. The molecule has 8 aromatic rings. The van der Waals surface area contributed by atoms with Crippen LogP contribution < -0.4 is 10.6 Å². The van der Waals surface area contributed by atoms with Crippen molar-refractivity contribution in [2.45, 2.75) is 65.0 Å². The average Bonchev–Trinajstić information content (AvgIpc) is 3.96. The van der Waals surface area contributed by atoms with E-state index in [1.807, 2.05) is 90.4 Å². The summed E-state index contributed by atoms with van der Waals surface area (Å²) >= 11 is 6.28. The van der Waals surface area contributed by atoms with Gasteiger partial charge in [0.15, 0.2) is 22.8 Å². The molecule has 14 nitrogen and oxygen atoms in total. The first-order valence-corrected chi connectivity index (χ1v) is 23.4. The molecule has 2 amide bonds. The summed E-state index contributed by atoms with van der Waals surface area (Å²) in [5, 5.41) is 7.39. The molecule has 2 fully saturated rings. The zero-order valence-electron chi connectivity index (χ0n) is 37.7. The molecule has 0 aliphatic carbocycles. The minimum atomic E-state index is -0.291. The first-order valence-electron chi connectivity index (χ1n) is 23.0. The molecule has 10 rings (SSSR count). The highest BCUT2D eigenvalue weighted by Gasteiger charge is 2.38. The van der Waals surface area contributed by atoms with Crippen LogP contribution >= 0.6 is 11.6 Å². The number of halogens is 1. The zero-order chi connectivity index (χ0) is 46.0. The normalized spacial score (nSPS) is 18.6. The molecule has 4 atom stereocenters. The fraction of sp³-hybridized carbons (Fsp3) is 0.308. The SMILES string of the molecule is Cc1cccc(C(=O)N2CCC[C@@H](Cc3ccnc(-c4c(C)cccc4C(=O)N4CCC[C@@H](C)[C@H]4CNc4nc5ccccc5o4)n3)[C@H]2CNc2nc3cc(Cl)ccc3o2)c1-c1ncccn1. The molecule has 2 aliphatic rings. The van der Waals surface area contributed by atoms with Crippen molar-refractivity contribution in [2.24, 2.45) is 11.8 Å². The van der Waals surface area contributed by atoms with Crippen LogP contribution in [-0.2, 0) is 6.42 Å². The number of anilines is 2. The van der Waals surface area contributed by atoms with Gasteiger partial charge in [-0.2, -0.15) is 9.97 Å². The van der Waals surface area contributed by atoms with Crippen molar-refractivity contribution >= 4 is 57.6 Å². The Balaban J connectivity index is 0.938. The highest BCUT2D eigenvalue weighted by molar-refractivity contribution is 6.31. The largest absolute Gasteiger partial charge is 0.424 e. The summed E-state index contributed by atoms with van der Waals surface area (Å²) in [5.41, 5.74) is 7.90. The Kier molecular flexibility index (Phi) is 12.4. The molecule has 0 saturated carbocycles. The van der Waals surface area contributed by atoms with Crippen LogP contribution in [0.5, 0.6) is 0 Å². The van der Waals surface area contributed by atoms with E-state index in [0.717, 1.165) is 48.0 Å². The number of piperidine rings is 2. The van der Waals surface area contributed by atoms with E-state index in [1.165, 1.54) is 0 Å². The van der Waals surface area contributed by atoms with E-state index in [9.17, 15) is 9.59 Å². The first kappa shape index (κ1) is 43.7. The number of benzene rings is 4. The molecule has 0 spiro atoms. The van der Waals surface area contributed by atoms with Gasteiger partial charge in [0.05, 0.1) is 23.2 Å². The van der Waals surface area contributed by atoms with Crippen LogP contribution in [0.1, 0.15) is 70.1 Å². The van der Waals surface area contributed by atoms with Crippen LogP contribution in [0.25, 0.3) is 45.0 Å². The lowest BCUT2D eigenvalue weighted by molar-refractivity contribution is 0.0516. The molecule has 0 unspecified atom stereocenters. The Morgan fingerprint density at radius 2 is 1.27 bits per heavy atom. The van der Waals surface area contributed by atoms with Crippen LogP contribution in [0.3, 0.4) is 0 Å². The number of carbonyl (C=O) groups excluding carboxylic acids is 2. The maximum atomic E-state index is 15.0. The maximum Gasteiger partial charge on any atom is 0.295 e. The highest BCUT2D eigenvalue weighted by atomic mass is 35.5. The van der Waals surface area contributed by atoms with Gasteiger partial charge in [0.25, 0.3) is 23.8 Å². The summed E-state index contributed by atoms with van der Waals surface area (Å²) in [6.07, 6.45) is 9.27. The second kappa shape index (κ2) is 19.0. The molecule has 4 aromatic heterocycles. The summed E-state index contributed by atoms with van der Waals surface area (Å²) in [7, 11) is 0. The van der Waals surface area contributed by atoms with Crippen molar-refractivity contribution < 1.29 is 18.4 Å². The lowest BCUT2D eigenvalue weighted by atomic mass is 9.84. The van der Waals surface area contributed by atoms with Crippen LogP contribution in [0, 0.1) is 25.7 Å². The summed E-state index contributed by atoms with van der Waals surface area (Å²) in [5.74, 6) is 1.05. The third-order valence-electron chi connectivity index (χ3n) is 13.3. The van der Waals surface area contributed by atoms with Crippen LogP contribution in [-0.4, -0.2) is 89.8 Å². The van der Waals surface area contributed by atoms with Gasteiger partial charge in [-0.05, 0) is 124 Å². The fourth-order valence-corrected chi connectivity index (χ4v) is 10.1. The van der Waals surface area contributed by atoms with E-state index >= 15 is 0 Å². The topological polar surface area (TPSA) is 168 Å². The van der Waals surface area contributed by atoms with Crippen molar-refractivity contribution in [1.82, 2.24) is 39.7 Å². The number of nitrogens with zero attached hydrogens (tertiary/aromatic N) is 8. The van der Waals surface area contributed by atoms with Gasteiger partial charge in [-0.1, -0.05) is 54.9 Å². The Morgan fingerprint density at radius 3 is 1.99 bits per heavy atom. The van der Waals surface area contributed by atoms with Crippen LogP contribution in [0.2, 0.25) is 5.02 Å². The number of nitrogens with one attached hydrogen (secondary N) is 2. The fourth-order valence-electron chi connectivity index (χ4n) is 9.95. The number of amides is 2. The monoisotopic (exact) mass is 914 g/mol. The Morgan fingerprint density at radius 1 is 0.657 bits per heavy atom. The van der Waals surface area contributed by atoms with E-state index in [2.05, 4.69) is 37.5 Å². The molecule has 340 valence electrons. The number of oxazole rings is 2. The predicted molar refractivity (Wildman–Crippen MR) is 259 cm³/mol. The molecule has 0 bridgehead atoms. The number of carbonyl (C=O) groups is 2. The summed E-state index contributed by atoms with van der Waals surface area (Å²) < 4.78 is 12.1. The average molecular weight is 915 g/mol. The number of fused-ring (bicyclic) bond motifs is 2. The second-order valence-corrected chi connectivity index (χ2v) is 18.1. The van der Waals surface area contributed by atoms with Crippen molar-refractivity contribution in [1.29, 1.82) is 0 Å². The van der Waals surface area contributed by atoms with Gasteiger partial charge in [0.1, 0.15) is 11.0 Å².